The van der Waals surface area contributed by atoms with Gasteiger partial charge in [0.2, 0.25) is 0 Å². The lowest BCUT2D eigenvalue weighted by atomic mass is 9.91. The summed E-state index contributed by atoms with van der Waals surface area (Å²) in [4.78, 5) is 17.5. The first kappa shape index (κ1) is 19.9. The predicted octanol–water partition coefficient (Wildman–Crippen LogP) is -2.43. The van der Waals surface area contributed by atoms with Crippen molar-refractivity contribution < 1.29 is 49.5 Å². The molecular weight excluding hydrogens is 299 g/mol. The Morgan fingerprint density at radius 1 is 0.800 bits per heavy atom. The van der Waals surface area contributed by atoms with Crippen molar-refractivity contribution in [2.24, 2.45) is 5.92 Å². The van der Waals surface area contributed by atoms with Gasteiger partial charge in [0.05, 0.1) is 6.10 Å². The van der Waals surface area contributed by atoms with Gasteiger partial charge in [-0.15, -0.1) is 0 Å². The Labute approximate surface area is 115 Å². The molecule has 2 unspecified atom stereocenters. The molecule has 0 aliphatic heterocycles. The van der Waals surface area contributed by atoms with E-state index >= 15 is 0 Å². The second-order valence-corrected chi connectivity index (χ2v) is 5.58. The van der Waals surface area contributed by atoms with Gasteiger partial charge < -0.3 is 40.4 Å². The first-order chi connectivity index (χ1) is 9.01. The van der Waals surface area contributed by atoms with Crippen molar-refractivity contribution in [3.05, 3.63) is 0 Å². The molecule has 0 heterocycles. The lowest BCUT2D eigenvalue weighted by molar-refractivity contribution is -0.104. The van der Waals surface area contributed by atoms with E-state index in [4.69, 9.17) is 40.4 Å². The number of aliphatic hydroxyl groups excluding tert-OH is 3. The van der Waals surface area contributed by atoms with E-state index in [1.54, 1.807) is 0 Å². The van der Waals surface area contributed by atoms with Gasteiger partial charge in [0.25, 0.3) is 0 Å². The minimum atomic E-state index is -4.93. The van der Waals surface area contributed by atoms with Crippen LogP contribution in [-0.4, -0.2) is 65.4 Å². The molecule has 2 atom stereocenters. The van der Waals surface area contributed by atoms with Gasteiger partial charge in [-0.2, -0.15) is 0 Å². The summed E-state index contributed by atoms with van der Waals surface area (Å²) in [6, 6.07) is 0. The molecule has 11 heteroatoms. The average Bonchev–Trinajstić information content (AvgIpc) is 2.19. The van der Waals surface area contributed by atoms with Gasteiger partial charge in [-0.05, 0) is 18.8 Å². The minimum Gasteiger partial charge on any atom is -0.368 e. The molecule has 0 aliphatic carbocycles. The molecule has 122 valence electrons. The molecule has 0 aromatic carbocycles. The van der Waals surface area contributed by atoms with Crippen molar-refractivity contribution >= 4 is 7.82 Å². The molecule has 0 amide bonds. The van der Waals surface area contributed by atoms with Crippen molar-refractivity contribution in [3.8, 4) is 0 Å². The summed E-state index contributed by atoms with van der Waals surface area (Å²) in [5.74, 6) is -0.925. The Kier molecular flexibility index (Phi) is 8.95. The maximum Gasteiger partial charge on any atom is 0.469 e. The average molecular weight is 320 g/mol. The maximum atomic E-state index is 10.8. The van der Waals surface area contributed by atoms with Crippen molar-refractivity contribution in [2.45, 2.75) is 50.7 Å². The molecular formula is C9H21O10P. The number of aliphatic hydroxyl groups is 6. The number of hydrogen-bond donors (Lipinski definition) is 8. The molecule has 0 spiro atoms. The van der Waals surface area contributed by atoms with Crippen LogP contribution in [0.15, 0.2) is 0 Å². The summed E-state index contributed by atoms with van der Waals surface area (Å²) in [5, 5.41) is 53.1. The third-order valence-corrected chi connectivity index (χ3v) is 3.10. The monoisotopic (exact) mass is 320 g/mol. The van der Waals surface area contributed by atoms with Gasteiger partial charge in [-0.3, -0.25) is 4.52 Å². The van der Waals surface area contributed by atoms with E-state index in [0.717, 1.165) is 0 Å². The van der Waals surface area contributed by atoms with Crippen LogP contribution in [-0.2, 0) is 9.09 Å². The Morgan fingerprint density at radius 2 is 1.30 bits per heavy atom. The highest BCUT2D eigenvalue weighted by Gasteiger charge is 2.32. The van der Waals surface area contributed by atoms with Crippen LogP contribution in [0.3, 0.4) is 0 Å². The van der Waals surface area contributed by atoms with Crippen LogP contribution >= 0.6 is 7.82 Å². The van der Waals surface area contributed by atoms with Crippen LogP contribution in [0.2, 0.25) is 0 Å². The Balaban J connectivity index is 4.90. The lowest BCUT2D eigenvalue weighted by Crippen LogP contribution is -2.31. The van der Waals surface area contributed by atoms with Crippen molar-refractivity contribution in [2.75, 3.05) is 0 Å². The van der Waals surface area contributed by atoms with E-state index in [2.05, 4.69) is 4.52 Å². The second kappa shape index (κ2) is 9.00. The summed E-state index contributed by atoms with van der Waals surface area (Å²) in [5.41, 5.74) is 0. The molecule has 0 saturated heterocycles. The molecule has 0 aliphatic rings. The summed E-state index contributed by atoms with van der Waals surface area (Å²) in [6.07, 6.45) is -8.08. The smallest absolute Gasteiger partial charge is 0.368 e. The van der Waals surface area contributed by atoms with Gasteiger partial charge in [0.1, 0.15) is 0 Å². The van der Waals surface area contributed by atoms with Crippen LogP contribution in [0.5, 0.6) is 0 Å². The topological polar surface area (TPSA) is 188 Å². The van der Waals surface area contributed by atoms with E-state index in [9.17, 15) is 4.57 Å². The predicted molar refractivity (Wildman–Crippen MR) is 63.6 cm³/mol. The van der Waals surface area contributed by atoms with E-state index < -0.39 is 45.1 Å². The zero-order valence-electron chi connectivity index (χ0n) is 10.6. The second-order valence-electron chi connectivity index (χ2n) is 4.39. The molecule has 20 heavy (non-hydrogen) atoms. The Bertz CT molecular complexity index is 301. The van der Waals surface area contributed by atoms with E-state index in [1.807, 2.05) is 0 Å². The summed E-state index contributed by atoms with van der Waals surface area (Å²) >= 11 is 0. The zero-order chi connectivity index (χ0) is 15.9. The minimum absolute atomic E-state index is 0.0767. The fourth-order valence-electron chi connectivity index (χ4n) is 1.80. The first-order valence-corrected chi connectivity index (χ1v) is 7.36. The molecule has 10 nitrogen and oxygen atoms in total. The van der Waals surface area contributed by atoms with Gasteiger partial charge >= 0.3 is 7.82 Å². The molecule has 0 saturated carbocycles. The molecule has 8 N–H and O–H groups in total. The number of phosphoric ester groups is 1. The molecule has 0 fully saturated rings. The van der Waals surface area contributed by atoms with Crippen LogP contribution in [0.1, 0.15) is 25.7 Å². The highest BCUT2D eigenvalue weighted by molar-refractivity contribution is 7.46. The zero-order valence-corrected chi connectivity index (χ0v) is 11.5. The standard InChI is InChI=1S/C9H21O10P/c10-7(11)2-1-5(3-8(12)13)6(4-9(14)15)19-20(16,17)18/h5-15H,1-4H2,(H2,16,17,18). The largest absolute Gasteiger partial charge is 0.469 e. The molecule has 0 aromatic heterocycles. The van der Waals surface area contributed by atoms with Gasteiger partial charge in [-0.1, -0.05) is 0 Å². The van der Waals surface area contributed by atoms with Crippen LogP contribution in [0.25, 0.3) is 0 Å². The highest BCUT2D eigenvalue weighted by Crippen LogP contribution is 2.41. The quantitative estimate of drug-likeness (QED) is 0.159. The van der Waals surface area contributed by atoms with E-state index in [1.165, 1.54) is 0 Å². The fourth-order valence-corrected chi connectivity index (χ4v) is 2.41. The van der Waals surface area contributed by atoms with Crippen molar-refractivity contribution in [1.29, 1.82) is 0 Å². The first-order valence-electron chi connectivity index (χ1n) is 5.83. The summed E-state index contributed by atoms with van der Waals surface area (Å²) in [6.45, 7) is 0. The maximum absolute atomic E-state index is 10.8. The van der Waals surface area contributed by atoms with E-state index in [-0.39, 0.29) is 19.3 Å². The number of rotatable bonds is 10. The molecule has 0 bridgehead atoms. The third kappa shape index (κ3) is 10.6. The normalized spacial score (nSPS) is 16.1. The highest BCUT2D eigenvalue weighted by atomic mass is 31.2. The molecule has 0 aromatic rings. The van der Waals surface area contributed by atoms with Crippen LogP contribution in [0.4, 0.5) is 0 Å². The Hall–Kier alpha value is -0.130. The van der Waals surface area contributed by atoms with Crippen molar-refractivity contribution in [1.82, 2.24) is 0 Å². The lowest BCUT2D eigenvalue weighted by Gasteiger charge is -2.28. The van der Waals surface area contributed by atoms with Gasteiger partial charge in [0, 0.05) is 12.8 Å². The number of phosphoric acid groups is 1. The number of hydrogen-bond acceptors (Lipinski definition) is 8. The van der Waals surface area contributed by atoms with Crippen molar-refractivity contribution in [3.63, 3.8) is 0 Å². The van der Waals surface area contributed by atoms with Gasteiger partial charge in [-0.25, -0.2) is 4.57 Å². The van der Waals surface area contributed by atoms with Gasteiger partial charge in [0.15, 0.2) is 18.9 Å². The fraction of sp³-hybridized carbons (Fsp3) is 1.00. The summed E-state index contributed by atoms with van der Waals surface area (Å²) < 4.78 is 15.2. The third-order valence-electron chi connectivity index (χ3n) is 2.55. The van der Waals surface area contributed by atoms with Crippen LogP contribution in [0, 0.1) is 5.92 Å². The SMILES string of the molecule is O=P(O)(O)OC(CC(O)O)C(CCC(O)O)CC(O)O. The van der Waals surface area contributed by atoms with Crippen LogP contribution < -0.4 is 0 Å². The molecule has 0 radical (unpaired) electrons. The summed E-state index contributed by atoms with van der Waals surface area (Å²) in [7, 11) is -4.93. The van der Waals surface area contributed by atoms with E-state index in [0.29, 0.717) is 0 Å². The molecule has 0 rings (SSSR count). The Morgan fingerprint density at radius 3 is 1.65 bits per heavy atom.